The Morgan fingerprint density at radius 3 is 2.08 bits per heavy atom. The molecule has 0 aliphatic heterocycles. The van der Waals surface area contributed by atoms with E-state index >= 15 is 0 Å². The molecule has 0 fully saturated rings. The summed E-state index contributed by atoms with van der Waals surface area (Å²) in [6.45, 7) is 0.677. The third-order valence-corrected chi connectivity index (χ3v) is 4.41. The fourth-order valence-electron chi connectivity index (χ4n) is 3.14. The van der Waals surface area contributed by atoms with Crippen LogP contribution in [0.5, 0.6) is 0 Å². The fraction of sp³-hybridized carbons (Fsp3) is 0.136. The van der Waals surface area contributed by atoms with Crippen molar-refractivity contribution in [3.05, 3.63) is 107 Å². The number of nitrogens with two attached hydrogens (primary N) is 1. The zero-order valence-electron chi connectivity index (χ0n) is 14.6. The van der Waals surface area contributed by atoms with E-state index in [2.05, 4.69) is 17.0 Å². The molecule has 3 nitrogen and oxygen atoms in total. The van der Waals surface area contributed by atoms with E-state index in [0.717, 1.165) is 16.7 Å². The summed E-state index contributed by atoms with van der Waals surface area (Å²) in [6, 6.07) is 24.0. The Morgan fingerprint density at radius 1 is 0.923 bits per heavy atom. The van der Waals surface area contributed by atoms with Gasteiger partial charge in [0, 0.05) is 12.1 Å². The van der Waals surface area contributed by atoms with Gasteiger partial charge in [0.25, 0.3) is 0 Å². The van der Waals surface area contributed by atoms with Gasteiger partial charge in [0.1, 0.15) is 5.82 Å². The molecule has 0 radical (unpaired) electrons. The maximum absolute atomic E-state index is 13.4. The number of halogens is 1. The molecule has 3 aromatic rings. The van der Waals surface area contributed by atoms with Crippen molar-refractivity contribution in [2.75, 3.05) is 7.05 Å². The first-order valence-corrected chi connectivity index (χ1v) is 8.44. The fourth-order valence-corrected chi connectivity index (χ4v) is 3.14. The van der Waals surface area contributed by atoms with E-state index in [1.54, 1.807) is 12.1 Å². The number of rotatable bonds is 6. The quantitative estimate of drug-likeness (QED) is 0.727. The minimum absolute atomic E-state index is 0.00684. The topological polar surface area (TPSA) is 46.3 Å². The van der Waals surface area contributed by atoms with E-state index < -0.39 is 5.91 Å². The van der Waals surface area contributed by atoms with Gasteiger partial charge in [-0.15, -0.1) is 0 Å². The van der Waals surface area contributed by atoms with Crippen LogP contribution in [0.1, 0.15) is 33.1 Å². The van der Waals surface area contributed by atoms with Gasteiger partial charge in [-0.2, -0.15) is 0 Å². The molecule has 132 valence electrons. The molecule has 0 unspecified atom stereocenters. The van der Waals surface area contributed by atoms with Crippen molar-refractivity contribution < 1.29 is 9.18 Å². The van der Waals surface area contributed by atoms with E-state index in [-0.39, 0.29) is 11.9 Å². The van der Waals surface area contributed by atoms with Gasteiger partial charge < -0.3 is 5.73 Å². The highest BCUT2D eigenvalue weighted by Crippen LogP contribution is 2.29. The highest BCUT2D eigenvalue weighted by molar-refractivity contribution is 5.92. The zero-order valence-corrected chi connectivity index (χ0v) is 14.6. The predicted octanol–water partition coefficient (Wildman–Crippen LogP) is 4.15. The lowest BCUT2D eigenvalue weighted by molar-refractivity contribution is 0.100. The van der Waals surface area contributed by atoms with Crippen LogP contribution >= 0.6 is 0 Å². The van der Waals surface area contributed by atoms with E-state index in [4.69, 9.17) is 5.73 Å². The molecule has 0 aliphatic rings. The maximum Gasteiger partial charge on any atom is 0.248 e. The molecule has 26 heavy (non-hydrogen) atoms. The van der Waals surface area contributed by atoms with Crippen molar-refractivity contribution in [3.8, 4) is 0 Å². The number of nitrogens with zero attached hydrogens (tertiary/aromatic N) is 1. The molecular formula is C22H21FN2O. The van der Waals surface area contributed by atoms with Crippen LogP contribution in [-0.4, -0.2) is 17.9 Å². The van der Waals surface area contributed by atoms with E-state index in [1.165, 1.54) is 12.1 Å². The summed E-state index contributed by atoms with van der Waals surface area (Å²) >= 11 is 0. The highest BCUT2D eigenvalue weighted by Gasteiger charge is 2.19. The normalized spacial score (nSPS) is 12.1. The maximum atomic E-state index is 13.4. The van der Waals surface area contributed by atoms with Crippen molar-refractivity contribution in [2.45, 2.75) is 12.6 Å². The van der Waals surface area contributed by atoms with Crippen molar-refractivity contribution in [3.63, 3.8) is 0 Å². The monoisotopic (exact) mass is 348 g/mol. The molecule has 0 bridgehead atoms. The van der Waals surface area contributed by atoms with Crippen LogP contribution in [0.3, 0.4) is 0 Å². The number of hydrogen-bond donors (Lipinski definition) is 1. The number of primary amides is 1. The number of carbonyl (C=O) groups excluding carboxylic acids is 1. The molecule has 3 rings (SSSR count). The number of carbonyl (C=O) groups is 1. The van der Waals surface area contributed by atoms with Crippen molar-refractivity contribution >= 4 is 5.91 Å². The molecule has 2 N–H and O–H groups in total. The summed E-state index contributed by atoms with van der Waals surface area (Å²) in [7, 11) is 2.03. The van der Waals surface area contributed by atoms with Gasteiger partial charge in [-0.1, -0.05) is 54.6 Å². The first-order chi connectivity index (χ1) is 12.5. The summed E-state index contributed by atoms with van der Waals surface area (Å²) in [6.07, 6.45) is 0. The molecule has 1 atom stereocenters. The average Bonchev–Trinajstić information content (AvgIpc) is 2.65. The zero-order chi connectivity index (χ0) is 18.5. The molecule has 0 spiro atoms. The average molecular weight is 348 g/mol. The third kappa shape index (κ3) is 4.16. The van der Waals surface area contributed by atoms with E-state index in [1.807, 2.05) is 49.5 Å². The van der Waals surface area contributed by atoms with E-state index in [0.29, 0.717) is 12.1 Å². The SMILES string of the molecule is CN(Cc1ccc(C(N)=O)cc1)[C@@H](c1ccccc1)c1ccc(F)cc1. The smallest absolute Gasteiger partial charge is 0.248 e. The molecule has 0 saturated heterocycles. The summed E-state index contributed by atoms with van der Waals surface area (Å²) in [5.41, 5.74) is 9.02. The van der Waals surface area contributed by atoms with Crippen LogP contribution in [0.2, 0.25) is 0 Å². The lowest BCUT2D eigenvalue weighted by Crippen LogP contribution is -2.25. The number of hydrogen-bond acceptors (Lipinski definition) is 2. The van der Waals surface area contributed by atoms with Gasteiger partial charge >= 0.3 is 0 Å². The summed E-state index contributed by atoms with van der Waals surface area (Å²) in [5, 5.41) is 0. The lowest BCUT2D eigenvalue weighted by atomic mass is 9.97. The minimum Gasteiger partial charge on any atom is -0.366 e. The van der Waals surface area contributed by atoms with Crippen molar-refractivity contribution in [1.82, 2.24) is 4.90 Å². The van der Waals surface area contributed by atoms with Crippen LogP contribution in [0, 0.1) is 5.82 Å². The Balaban J connectivity index is 1.88. The molecule has 0 heterocycles. The standard InChI is InChI=1S/C22H21FN2O/c1-25(15-16-7-9-19(10-8-16)22(24)26)21(17-5-3-2-4-6-17)18-11-13-20(23)14-12-18/h2-14,21H,15H2,1H3,(H2,24,26)/t21-/m0/s1. The van der Waals surface area contributed by atoms with Crippen molar-refractivity contribution in [2.24, 2.45) is 5.73 Å². The third-order valence-electron chi connectivity index (χ3n) is 4.41. The van der Waals surface area contributed by atoms with Crippen LogP contribution in [0.15, 0.2) is 78.9 Å². The molecule has 0 aromatic heterocycles. The lowest BCUT2D eigenvalue weighted by Gasteiger charge is -2.29. The van der Waals surface area contributed by atoms with E-state index in [9.17, 15) is 9.18 Å². The second-order valence-electron chi connectivity index (χ2n) is 6.34. The molecule has 4 heteroatoms. The largest absolute Gasteiger partial charge is 0.366 e. The number of benzene rings is 3. The summed E-state index contributed by atoms with van der Waals surface area (Å²) in [5.74, 6) is -0.677. The number of amides is 1. The Morgan fingerprint density at radius 2 is 1.50 bits per heavy atom. The first-order valence-electron chi connectivity index (χ1n) is 8.44. The highest BCUT2D eigenvalue weighted by atomic mass is 19.1. The van der Waals surface area contributed by atoms with Gasteiger partial charge in [0.2, 0.25) is 5.91 Å². The van der Waals surface area contributed by atoms with Gasteiger partial charge in [0.15, 0.2) is 0 Å². The van der Waals surface area contributed by atoms with Crippen LogP contribution in [0.25, 0.3) is 0 Å². The van der Waals surface area contributed by atoms with Crippen LogP contribution in [0.4, 0.5) is 4.39 Å². The predicted molar refractivity (Wildman–Crippen MR) is 101 cm³/mol. The van der Waals surface area contributed by atoms with Gasteiger partial charge in [-0.25, -0.2) is 4.39 Å². The molecule has 3 aromatic carbocycles. The van der Waals surface area contributed by atoms with Gasteiger partial charge in [0.05, 0.1) is 6.04 Å². The second-order valence-corrected chi connectivity index (χ2v) is 6.34. The first kappa shape index (κ1) is 17.8. The summed E-state index contributed by atoms with van der Waals surface area (Å²) in [4.78, 5) is 13.4. The van der Waals surface area contributed by atoms with Crippen LogP contribution < -0.4 is 5.73 Å². The Hall–Kier alpha value is -2.98. The molecular weight excluding hydrogens is 327 g/mol. The Bertz CT molecular complexity index is 861. The molecule has 0 saturated carbocycles. The molecule has 1 amide bonds. The minimum atomic E-state index is -0.432. The van der Waals surface area contributed by atoms with Gasteiger partial charge in [-0.05, 0) is 48.0 Å². The second kappa shape index (κ2) is 7.93. The Kier molecular flexibility index (Phi) is 5.44. The van der Waals surface area contributed by atoms with Gasteiger partial charge in [-0.3, -0.25) is 9.69 Å². The molecule has 0 aliphatic carbocycles. The Labute approximate surface area is 152 Å². The van der Waals surface area contributed by atoms with Crippen molar-refractivity contribution in [1.29, 1.82) is 0 Å². The van der Waals surface area contributed by atoms with Crippen LogP contribution in [-0.2, 0) is 6.54 Å². The summed E-state index contributed by atoms with van der Waals surface area (Å²) < 4.78 is 13.4.